The van der Waals surface area contributed by atoms with Crippen molar-refractivity contribution >= 4 is 11.8 Å². The average Bonchev–Trinajstić information content (AvgIpc) is 2.90. The van der Waals surface area contributed by atoms with E-state index in [-0.39, 0.29) is 42.0 Å². The maximum Gasteiger partial charge on any atom is 0.259 e. The second-order valence-electron chi connectivity index (χ2n) is 9.10. The first-order valence-electron chi connectivity index (χ1n) is 11.8. The van der Waals surface area contributed by atoms with Gasteiger partial charge in [0, 0.05) is 43.7 Å². The van der Waals surface area contributed by atoms with Crippen molar-refractivity contribution in [2.24, 2.45) is 5.92 Å². The van der Waals surface area contributed by atoms with Crippen molar-refractivity contribution in [2.75, 3.05) is 26.7 Å². The van der Waals surface area contributed by atoms with E-state index in [4.69, 9.17) is 4.74 Å². The van der Waals surface area contributed by atoms with E-state index in [0.717, 1.165) is 11.1 Å². The SMILES string of the molecule is C[C@H](CO)N1C[C@H](C)[C@@H](CN(C)C(=O)c2ccccc2F)Oc2ncc(-c3ccncc3)cc2C1=O. The third kappa shape index (κ3) is 5.21. The fourth-order valence-electron chi connectivity index (χ4n) is 4.22. The molecule has 0 saturated heterocycles. The molecule has 0 saturated carbocycles. The fraction of sp³-hybridized carbons (Fsp3) is 0.333. The molecule has 1 N–H and O–H groups in total. The van der Waals surface area contributed by atoms with Crippen LogP contribution < -0.4 is 4.74 Å². The number of aliphatic hydroxyl groups excluding tert-OH is 1. The molecule has 1 aromatic carbocycles. The maximum absolute atomic E-state index is 14.2. The number of amides is 2. The molecular formula is C27H29FN4O4. The van der Waals surface area contributed by atoms with Crippen LogP contribution in [0.1, 0.15) is 34.6 Å². The number of carbonyl (C=O) groups is 2. The van der Waals surface area contributed by atoms with E-state index in [9.17, 15) is 19.1 Å². The summed E-state index contributed by atoms with van der Waals surface area (Å²) in [6, 6.07) is 10.8. The van der Waals surface area contributed by atoms with Crippen LogP contribution >= 0.6 is 0 Å². The lowest BCUT2D eigenvalue weighted by Crippen LogP contribution is -2.50. The van der Waals surface area contributed by atoms with Crippen molar-refractivity contribution in [1.82, 2.24) is 19.8 Å². The number of halogens is 1. The van der Waals surface area contributed by atoms with Crippen LogP contribution in [-0.4, -0.2) is 75.6 Å². The number of carbonyl (C=O) groups excluding carboxylic acids is 2. The number of likely N-dealkylation sites (N-methyl/N-ethyl adjacent to an activating group) is 1. The zero-order chi connectivity index (χ0) is 25.8. The lowest BCUT2D eigenvalue weighted by atomic mass is 9.99. The highest BCUT2D eigenvalue weighted by Gasteiger charge is 2.35. The van der Waals surface area contributed by atoms with E-state index >= 15 is 0 Å². The molecular weight excluding hydrogens is 463 g/mol. The zero-order valence-corrected chi connectivity index (χ0v) is 20.5. The van der Waals surface area contributed by atoms with Crippen LogP contribution in [0, 0.1) is 11.7 Å². The number of aliphatic hydroxyl groups is 1. The van der Waals surface area contributed by atoms with Crippen LogP contribution in [0.3, 0.4) is 0 Å². The summed E-state index contributed by atoms with van der Waals surface area (Å²) in [4.78, 5) is 38.0. The Hall–Kier alpha value is -3.85. The maximum atomic E-state index is 14.2. The number of fused-ring (bicyclic) bond motifs is 1. The largest absolute Gasteiger partial charge is 0.472 e. The van der Waals surface area contributed by atoms with E-state index in [2.05, 4.69) is 9.97 Å². The standard InChI is InChI=1S/C27H29FN4O4/c1-17-14-32(18(2)16-33)27(35)22-12-20(19-8-10-29-11-9-19)13-30-25(22)36-24(17)15-31(3)26(34)21-6-4-5-7-23(21)28/h4-13,17-18,24,33H,14-16H2,1-3H3/t17-,18+,24+/m0/s1. The van der Waals surface area contributed by atoms with E-state index in [0.29, 0.717) is 6.54 Å². The number of hydrogen-bond donors (Lipinski definition) is 1. The molecule has 0 unspecified atom stereocenters. The zero-order valence-electron chi connectivity index (χ0n) is 20.5. The predicted octanol–water partition coefficient (Wildman–Crippen LogP) is 3.28. The summed E-state index contributed by atoms with van der Waals surface area (Å²) < 4.78 is 20.4. The Labute approximate surface area is 209 Å². The molecule has 2 amide bonds. The van der Waals surface area contributed by atoms with Crippen LogP contribution in [0.5, 0.6) is 5.88 Å². The molecule has 0 radical (unpaired) electrons. The third-order valence-corrected chi connectivity index (χ3v) is 6.44. The van der Waals surface area contributed by atoms with Crippen LogP contribution in [0.4, 0.5) is 4.39 Å². The number of pyridine rings is 2. The second-order valence-corrected chi connectivity index (χ2v) is 9.10. The van der Waals surface area contributed by atoms with Crippen molar-refractivity contribution in [3.05, 3.63) is 78.0 Å². The van der Waals surface area contributed by atoms with Crippen LogP contribution in [0.2, 0.25) is 0 Å². The molecule has 1 aliphatic rings. The van der Waals surface area contributed by atoms with Gasteiger partial charge in [-0.05, 0) is 42.8 Å². The molecule has 188 valence electrons. The number of ether oxygens (including phenoxy) is 1. The Kier molecular flexibility index (Phi) is 7.59. The Morgan fingerprint density at radius 1 is 1.25 bits per heavy atom. The molecule has 3 heterocycles. The van der Waals surface area contributed by atoms with Gasteiger partial charge >= 0.3 is 0 Å². The monoisotopic (exact) mass is 492 g/mol. The first kappa shape index (κ1) is 25.2. The number of nitrogens with zero attached hydrogens (tertiary/aromatic N) is 4. The van der Waals surface area contributed by atoms with E-state index in [1.807, 2.05) is 19.1 Å². The molecule has 3 aromatic rings. The average molecular weight is 493 g/mol. The van der Waals surface area contributed by atoms with Gasteiger partial charge in [0.05, 0.1) is 24.8 Å². The molecule has 8 nitrogen and oxygen atoms in total. The summed E-state index contributed by atoms with van der Waals surface area (Å²) in [7, 11) is 1.59. The molecule has 36 heavy (non-hydrogen) atoms. The van der Waals surface area contributed by atoms with Gasteiger partial charge in [0.2, 0.25) is 5.88 Å². The fourth-order valence-corrected chi connectivity index (χ4v) is 4.22. The molecule has 0 bridgehead atoms. The Morgan fingerprint density at radius 3 is 2.67 bits per heavy atom. The highest BCUT2D eigenvalue weighted by Crippen LogP contribution is 2.30. The molecule has 0 aliphatic carbocycles. The first-order chi connectivity index (χ1) is 17.3. The predicted molar refractivity (Wildman–Crippen MR) is 132 cm³/mol. The number of rotatable bonds is 6. The minimum atomic E-state index is -0.592. The van der Waals surface area contributed by atoms with Gasteiger partial charge in [-0.2, -0.15) is 0 Å². The van der Waals surface area contributed by atoms with Gasteiger partial charge in [0.1, 0.15) is 17.5 Å². The van der Waals surface area contributed by atoms with Crippen molar-refractivity contribution in [3.63, 3.8) is 0 Å². The summed E-state index contributed by atoms with van der Waals surface area (Å²) in [5.74, 6) is -1.42. The van der Waals surface area contributed by atoms with Gasteiger partial charge in [0.15, 0.2) is 0 Å². The summed E-state index contributed by atoms with van der Waals surface area (Å²) in [6.45, 7) is 3.92. The van der Waals surface area contributed by atoms with Crippen molar-refractivity contribution in [2.45, 2.75) is 26.0 Å². The third-order valence-electron chi connectivity index (χ3n) is 6.44. The normalized spacial score (nSPS) is 18.5. The van der Waals surface area contributed by atoms with Gasteiger partial charge in [-0.3, -0.25) is 14.6 Å². The van der Waals surface area contributed by atoms with Crippen molar-refractivity contribution in [3.8, 4) is 17.0 Å². The molecule has 3 atom stereocenters. The molecule has 0 fully saturated rings. The van der Waals surface area contributed by atoms with Crippen LogP contribution in [-0.2, 0) is 0 Å². The van der Waals surface area contributed by atoms with Crippen LogP contribution in [0.15, 0.2) is 61.1 Å². The number of aromatic nitrogens is 2. The van der Waals surface area contributed by atoms with E-state index < -0.39 is 23.9 Å². The Morgan fingerprint density at radius 2 is 1.97 bits per heavy atom. The lowest BCUT2D eigenvalue weighted by molar-refractivity contribution is 0.0312. The smallest absolute Gasteiger partial charge is 0.259 e. The first-order valence-corrected chi connectivity index (χ1v) is 11.8. The number of benzene rings is 1. The van der Waals surface area contributed by atoms with Crippen LogP contribution in [0.25, 0.3) is 11.1 Å². The summed E-state index contributed by atoms with van der Waals surface area (Å²) in [5, 5.41) is 9.83. The minimum Gasteiger partial charge on any atom is -0.472 e. The van der Waals surface area contributed by atoms with Gasteiger partial charge in [-0.25, -0.2) is 9.37 Å². The molecule has 0 spiro atoms. The molecule has 9 heteroatoms. The topological polar surface area (TPSA) is 95.9 Å². The van der Waals surface area contributed by atoms with Gasteiger partial charge in [0.25, 0.3) is 11.8 Å². The number of hydrogen-bond acceptors (Lipinski definition) is 6. The van der Waals surface area contributed by atoms with E-state index in [1.165, 1.54) is 23.1 Å². The molecule has 2 aromatic heterocycles. The lowest BCUT2D eigenvalue weighted by Gasteiger charge is -2.37. The summed E-state index contributed by atoms with van der Waals surface area (Å²) >= 11 is 0. The minimum absolute atomic E-state index is 0.0234. The Bertz CT molecular complexity index is 1240. The Balaban J connectivity index is 1.68. The van der Waals surface area contributed by atoms with Crippen molar-refractivity contribution in [1.29, 1.82) is 0 Å². The van der Waals surface area contributed by atoms with Gasteiger partial charge in [-0.1, -0.05) is 19.1 Å². The summed E-state index contributed by atoms with van der Waals surface area (Å²) in [6.07, 6.45) is 4.40. The molecule has 1 aliphatic heterocycles. The summed E-state index contributed by atoms with van der Waals surface area (Å²) in [5.41, 5.74) is 1.81. The van der Waals surface area contributed by atoms with Gasteiger partial charge < -0.3 is 19.6 Å². The second kappa shape index (κ2) is 10.8. The van der Waals surface area contributed by atoms with Gasteiger partial charge in [-0.15, -0.1) is 0 Å². The molecule has 4 rings (SSSR count). The highest BCUT2D eigenvalue weighted by molar-refractivity contribution is 5.98. The quantitative estimate of drug-likeness (QED) is 0.568. The van der Waals surface area contributed by atoms with E-state index in [1.54, 1.807) is 49.6 Å². The highest BCUT2D eigenvalue weighted by atomic mass is 19.1. The van der Waals surface area contributed by atoms with Crippen molar-refractivity contribution < 1.29 is 23.8 Å².